The summed E-state index contributed by atoms with van der Waals surface area (Å²) >= 11 is 0. The van der Waals surface area contributed by atoms with E-state index < -0.39 is 6.09 Å². The Balaban J connectivity index is 1.86. The highest BCUT2D eigenvalue weighted by atomic mass is 16.4. The van der Waals surface area contributed by atoms with Gasteiger partial charge in [0.15, 0.2) is 0 Å². The van der Waals surface area contributed by atoms with Crippen molar-refractivity contribution in [2.24, 2.45) is 0 Å². The molecule has 0 unspecified atom stereocenters. The monoisotopic (exact) mass is 184 g/mol. The summed E-state index contributed by atoms with van der Waals surface area (Å²) in [5.41, 5.74) is 0. The highest BCUT2D eigenvalue weighted by Crippen LogP contribution is 2.20. The number of amides is 1. The van der Waals surface area contributed by atoms with Crippen LogP contribution in [0, 0.1) is 0 Å². The van der Waals surface area contributed by atoms with Crippen LogP contribution in [0.3, 0.4) is 0 Å². The van der Waals surface area contributed by atoms with Crippen LogP contribution in [0.5, 0.6) is 0 Å². The second kappa shape index (κ2) is 3.54. The van der Waals surface area contributed by atoms with Gasteiger partial charge in [0.2, 0.25) is 0 Å². The predicted molar refractivity (Wildman–Crippen MR) is 48.8 cm³/mol. The van der Waals surface area contributed by atoms with Gasteiger partial charge in [-0.3, -0.25) is 4.90 Å². The van der Waals surface area contributed by atoms with Crippen LogP contribution in [-0.2, 0) is 0 Å². The fourth-order valence-corrected chi connectivity index (χ4v) is 2.32. The molecule has 1 N–H and O–H groups in total. The molecule has 0 bridgehead atoms. The number of carboxylic acid groups (broad SMARTS) is 1. The third-order valence-corrected chi connectivity index (χ3v) is 3.09. The minimum absolute atomic E-state index is 0.499. The molecule has 1 atom stereocenters. The van der Waals surface area contributed by atoms with Gasteiger partial charge in [0.1, 0.15) is 0 Å². The maximum Gasteiger partial charge on any atom is 0.407 e. The van der Waals surface area contributed by atoms with Gasteiger partial charge in [-0.15, -0.1) is 0 Å². The number of nitrogens with zero attached hydrogens (tertiary/aromatic N) is 2. The van der Waals surface area contributed by atoms with Crippen molar-refractivity contribution in [3.8, 4) is 0 Å². The van der Waals surface area contributed by atoms with Crippen molar-refractivity contribution in [1.82, 2.24) is 9.80 Å². The molecule has 13 heavy (non-hydrogen) atoms. The van der Waals surface area contributed by atoms with Gasteiger partial charge in [-0.05, 0) is 32.4 Å². The van der Waals surface area contributed by atoms with Crippen molar-refractivity contribution in [1.29, 1.82) is 0 Å². The third-order valence-electron chi connectivity index (χ3n) is 3.09. The first-order valence-corrected chi connectivity index (χ1v) is 4.99. The fraction of sp³-hybridized carbons (Fsp3) is 0.889. The first kappa shape index (κ1) is 8.81. The van der Waals surface area contributed by atoms with Gasteiger partial charge in [0.05, 0.1) is 0 Å². The van der Waals surface area contributed by atoms with E-state index in [0.717, 1.165) is 32.6 Å². The molecule has 1 amide bonds. The molecule has 0 saturated carbocycles. The molecule has 0 aromatic rings. The maximum atomic E-state index is 10.7. The lowest BCUT2D eigenvalue weighted by Crippen LogP contribution is -2.36. The molecular formula is C9H16N2O2. The Morgan fingerprint density at radius 2 is 1.92 bits per heavy atom. The molecule has 2 aliphatic heterocycles. The summed E-state index contributed by atoms with van der Waals surface area (Å²) in [5.74, 6) is 0. The first-order valence-electron chi connectivity index (χ1n) is 4.99. The highest BCUT2D eigenvalue weighted by Gasteiger charge is 2.31. The summed E-state index contributed by atoms with van der Waals surface area (Å²) in [7, 11) is 0. The summed E-state index contributed by atoms with van der Waals surface area (Å²) in [4.78, 5) is 14.6. The molecule has 0 aromatic heterocycles. The number of carbonyl (C=O) groups is 1. The smallest absolute Gasteiger partial charge is 0.407 e. The third kappa shape index (κ3) is 1.77. The lowest BCUT2D eigenvalue weighted by atomic mass is 10.2. The SMILES string of the molecule is O=C(O)N1CC[C@@H](N2CCCC2)C1. The second-order valence-corrected chi connectivity index (χ2v) is 3.91. The van der Waals surface area contributed by atoms with Crippen molar-refractivity contribution < 1.29 is 9.90 Å². The van der Waals surface area contributed by atoms with Crippen LogP contribution in [0.4, 0.5) is 4.79 Å². The van der Waals surface area contributed by atoms with Crippen LogP contribution in [-0.4, -0.2) is 53.2 Å². The van der Waals surface area contributed by atoms with Gasteiger partial charge in [0.25, 0.3) is 0 Å². The molecule has 0 radical (unpaired) electrons. The Morgan fingerprint density at radius 3 is 2.46 bits per heavy atom. The van der Waals surface area contributed by atoms with Gasteiger partial charge in [-0.2, -0.15) is 0 Å². The molecule has 0 spiro atoms. The molecule has 74 valence electrons. The van der Waals surface area contributed by atoms with Crippen LogP contribution in [0.2, 0.25) is 0 Å². The van der Waals surface area contributed by atoms with Crippen molar-refractivity contribution in [2.45, 2.75) is 25.3 Å². The Bertz CT molecular complexity index is 202. The Hall–Kier alpha value is -0.770. The van der Waals surface area contributed by atoms with E-state index in [4.69, 9.17) is 5.11 Å². The lowest BCUT2D eigenvalue weighted by molar-refractivity contribution is 0.150. The van der Waals surface area contributed by atoms with Crippen LogP contribution >= 0.6 is 0 Å². The zero-order valence-corrected chi connectivity index (χ0v) is 7.78. The Morgan fingerprint density at radius 1 is 1.23 bits per heavy atom. The number of hydrogen-bond donors (Lipinski definition) is 1. The van der Waals surface area contributed by atoms with Crippen molar-refractivity contribution >= 4 is 6.09 Å². The molecule has 2 saturated heterocycles. The van der Waals surface area contributed by atoms with Crippen LogP contribution in [0.1, 0.15) is 19.3 Å². The maximum absolute atomic E-state index is 10.7. The summed E-state index contributed by atoms with van der Waals surface area (Å²) in [6.45, 7) is 3.77. The molecule has 2 heterocycles. The highest BCUT2D eigenvalue weighted by molar-refractivity contribution is 5.65. The van der Waals surface area contributed by atoms with E-state index in [0.29, 0.717) is 6.04 Å². The summed E-state index contributed by atoms with van der Waals surface area (Å²) in [5, 5.41) is 8.78. The van der Waals surface area contributed by atoms with E-state index in [9.17, 15) is 4.79 Å². The minimum Gasteiger partial charge on any atom is -0.465 e. The summed E-state index contributed by atoms with van der Waals surface area (Å²) in [6, 6.07) is 0.499. The van der Waals surface area contributed by atoms with Crippen LogP contribution in [0.15, 0.2) is 0 Å². The van der Waals surface area contributed by atoms with E-state index in [1.54, 1.807) is 0 Å². The second-order valence-electron chi connectivity index (χ2n) is 3.91. The predicted octanol–water partition coefficient (Wildman–Crippen LogP) is 0.835. The molecule has 0 aliphatic carbocycles. The van der Waals surface area contributed by atoms with E-state index in [1.807, 2.05) is 0 Å². The van der Waals surface area contributed by atoms with Gasteiger partial charge in [-0.1, -0.05) is 0 Å². The lowest BCUT2D eigenvalue weighted by Gasteiger charge is -2.22. The van der Waals surface area contributed by atoms with Gasteiger partial charge in [-0.25, -0.2) is 4.79 Å². The fourth-order valence-electron chi connectivity index (χ4n) is 2.32. The molecule has 4 heteroatoms. The van der Waals surface area contributed by atoms with Gasteiger partial charge >= 0.3 is 6.09 Å². The van der Waals surface area contributed by atoms with Crippen molar-refractivity contribution in [3.05, 3.63) is 0 Å². The molecule has 0 aromatic carbocycles. The Kier molecular flexibility index (Phi) is 2.40. The number of hydrogen-bond acceptors (Lipinski definition) is 2. The zero-order chi connectivity index (χ0) is 9.26. The van der Waals surface area contributed by atoms with E-state index in [-0.39, 0.29) is 0 Å². The van der Waals surface area contributed by atoms with E-state index in [2.05, 4.69) is 4.90 Å². The standard InChI is InChI=1S/C9H16N2O2/c12-9(13)11-6-3-8(7-11)10-4-1-2-5-10/h8H,1-7H2,(H,12,13)/t8-/m1/s1. The summed E-state index contributed by atoms with van der Waals surface area (Å²) < 4.78 is 0. The first-order chi connectivity index (χ1) is 6.27. The van der Waals surface area contributed by atoms with Crippen molar-refractivity contribution in [2.75, 3.05) is 26.2 Å². The van der Waals surface area contributed by atoms with Gasteiger partial charge < -0.3 is 10.0 Å². The van der Waals surface area contributed by atoms with E-state index >= 15 is 0 Å². The quantitative estimate of drug-likeness (QED) is 0.656. The zero-order valence-electron chi connectivity index (χ0n) is 7.78. The average molecular weight is 184 g/mol. The van der Waals surface area contributed by atoms with Crippen LogP contribution in [0.25, 0.3) is 0 Å². The molecule has 4 nitrogen and oxygen atoms in total. The summed E-state index contributed by atoms with van der Waals surface area (Å²) in [6.07, 6.45) is 2.82. The average Bonchev–Trinajstić information content (AvgIpc) is 2.75. The molecule has 2 aliphatic rings. The van der Waals surface area contributed by atoms with Gasteiger partial charge in [0, 0.05) is 19.1 Å². The molecule has 2 fully saturated rings. The minimum atomic E-state index is -0.762. The number of rotatable bonds is 1. The Labute approximate surface area is 78.1 Å². The topological polar surface area (TPSA) is 43.8 Å². The normalized spacial score (nSPS) is 29.8. The molecule has 2 rings (SSSR count). The van der Waals surface area contributed by atoms with Crippen molar-refractivity contribution in [3.63, 3.8) is 0 Å². The molecular weight excluding hydrogens is 168 g/mol. The van der Waals surface area contributed by atoms with Crippen LogP contribution < -0.4 is 0 Å². The largest absolute Gasteiger partial charge is 0.465 e. The number of likely N-dealkylation sites (tertiary alicyclic amines) is 2. The van der Waals surface area contributed by atoms with E-state index in [1.165, 1.54) is 17.7 Å².